The first-order chi connectivity index (χ1) is 15.3. The maximum atomic E-state index is 13.4. The van der Waals surface area contributed by atoms with Crippen LogP contribution in [0.3, 0.4) is 0 Å². The van der Waals surface area contributed by atoms with Crippen LogP contribution in [0.2, 0.25) is 0 Å². The Kier molecular flexibility index (Phi) is 4.71. The van der Waals surface area contributed by atoms with Gasteiger partial charge in [0.15, 0.2) is 0 Å². The number of likely N-dealkylation sites (tertiary alicyclic amines) is 1. The standard InChI is InChI=1S/C22H22N2O5S3/c1-8(2)29-12(25)7-24-20(26)14-9-6-10(15(14)21(24)27)17-13(9)16(11-4-3-5-30-11)18-19(31-17)23-22(28)32-18/h3-5,8-10,13-17H,6-7H2,1-2H3,(H,23,28)/t9-,10-,13-,14+,15-,16-,17-/m1/s1. The number of nitrogens with one attached hydrogen (secondary N) is 1. The smallest absolute Gasteiger partial charge is 0.326 e. The zero-order valence-electron chi connectivity index (χ0n) is 17.5. The number of H-pyrrole nitrogens is 1. The molecule has 7 nitrogen and oxygen atoms in total. The number of ether oxygens (including phenoxy) is 1. The topological polar surface area (TPSA) is 96.5 Å². The number of thioether (sulfide) groups is 1. The number of fused-ring (bicyclic) bond motifs is 9. The number of hydrogen-bond acceptors (Lipinski definition) is 8. The molecule has 2 aromatic heterocycles. The molecule has 10 heteroatoms. The Balaban J connectivity index is 1.36. The lowest BCUT2D eigenvalue weighted by Crippen LogP contribution is -2.42. The van der Waals surface area contributed by atoms with Crippen molar-refractivity contribution in [3.8, 4) is 0 Å². The van der Waals surface area contributed by atoms with E-state index < -0.39 is 5.97 Å². The van der Waals surface area contributed by atoms with Crippen molar-refractivity contribution in [2.45, 2.75) is 42.6 Å². The zero-order chi connectivity index (χ0) is 22.3. The van der Waals surface area contributed by atoms with E-state index in [-0.39, 0.29) is 70.1 Å². The Morgan fingerprint density at radius 1 is 1.22 bits per heavy atom. The van der Waals surface area contributed by atoms with E-state index in [2.05, 4.69) is 11.1 Å². The Bertz CT molecular complexity index is 1170. The summed E-state index contributed by atoms with van der Waals surface area (Å²) in [5.41, 5.74) is 0. The van der Waals surface area contributed by atoms with Crippen molar-refractivity contribution in [2.24, 2.45) is 29.6 Å². The van der Waals surface area contributed by atoms with Gasteiger partial charge in [0.2, 0.25) is 11.8 Å². The number of thiophene rings is 1. The van der Waals surface area contributed by atoms with Crippen molar-refractivity contribution in [1.29, 1.82) is 0 Å². The number of nitrogens with zero attached hydrogens (tertiary/aromatic N) is 1. The number of hydrogen-bond donors (Lipinski definition) is 1. The first-order valence-electron chi connectivity index (χ1n) is 10.8. The van der Waals surface area contributed by atoms with Gasteiger partial charge in [0.25, 0.3) is 0 Å². The predicted octanol–water partition coefficient (Wildman–Crippen LogP) is 2.92. The average molecular weight is 491 g/mol. The van der Waals surface area contributed by atoms with E-state index in [1.54, 1.807) is 36.9 Å². The van der Waals surface area contributed by atoms with Crippen molar-refractivity contribution in [1.82, 2.24) is 9.88 Å². The van der Waals surface area contributed by atoms with Crippen molar-refractivity contribution >= 4 is 52.2 Å². The number of carbonyl (C=O) groups excluding carboxylic acids is 3. The number of imide groups is 1. The molecule has 4 aliphatic rings. The fourth-order valence-corrected chi connectivity index (χ4v) is 10.3. The van der Waals surface area contributed by atoms with Gasteiger partial charge in [-0.2, -0.15) is 0 Å². The summed E-state index contributed by atoms with van der Waals surface area (Å²) in [5.74, 6) is -1.34. The van der Waals surface area contributed by atoms with E-state index in [9.17, 15) is 19.2 Å². The van der Waals surface area contributed by atoms with E-state index >= 15 is 0 Å². The maximum Gasteiger partial charge on any atom is 0.326 e. The molecule has 2 amide bonds. The minimum atomic E-state index is -0.544. The second-order valence-electron chi connectivity index (χ2n) is 9.28. The molecular weight excluding hydrogens is 468 g/mol. The summed E-state index contributed by atoms with van der Waals surface area (Å²) in [6.45, 7) is 3.19. The molecule has 1 saturated heterocycles. The van der Waals surface area contributed by atoms with Crippen molar-refractivity contribution in [3.05, 3.63) is 36.9 Å². The molecule has 4 heterocycles. The fourth-order valence-electron chi connectivity index (χ4n) is 6.45. The van der Waals surface area contributed by atoms with E-state index in [4.69, 9.17) is 4.74 Å². The van der Waals surface area contributed by atoms with Crippen molar-refractivity contribution in [3.63, 3.8) is 0 Å². The summed E-state index contributed by atoms with van der Waals surface area (Å²) in [7, 11) is 0. The van der Waals surface area contributed by atoms with Crippen LogP contribution in [0, 0.1) is 29.6 Å². The lowest BCUT2D eigenvalue weighted by molar-refractivity contribution is -0.155. The van der Waals surface area contributed by atoms with Crippen LogP contribution < -0.4 is 4.87 Å². The summed E-state index contributed by atoms with van der Waals surface area (Å²) in [6, 6.07) is 4.13. The maximum absolute atomic E-state index is 13.4. The second kappa shape index (κ2) is 7.30. The van der Waals surface area contributed by atoms with Crippen LogP contribution in [0.4, 0.5) is 0 Å². The van der Waals surface area contributed by atoms with Gasteiger partial charge < -0.3 is 9.72 Å². The molecule has 2 bridgehead atoms. The molecule has 0 unspecified atom stereocenters. The molecule has 3 fully saturated rings. The first-order valence-corrected chi connectivity index (χ1v) is 13.4. The first kappa shape index (κ1) is 20.7. The van der Waals surface area contributed by atoms with Gasteiger partial charge in [-0.15, -0.1) is 23.1 Å². The number of carbonyl (C=O) groups is 3. The molecular formula is C22H22N2O5S3. The molecule has 2 saturated carbocycles. The van der Waals surface area contributed by atoms with Gasteiger partial charge in [0.05, 0.1) is 23.0 Å². The quantitative estimate of drug-likeness (QED) is 0.523. The highest BCUT2D eigenvalue weighted by Gasteiger charge is 2.69. The Labute approximate surface area is 196 Å². The predicted molar refractivity (Wildman–Crippen MR) is 121 cm³/mol. The van der Waals surface area contributed by atoms with Gasteiger partial charge in [-0.3, -0.25) is 24.1 Å². The number of esters is 1. The minimum Gasteiger partial charge on any atom is -0.462 e. The number of rotatable bonds is 4. The summed E-state index contributed by atoms with van der Waals surface area (Å²) >= 11 is 4.62. The molecule has 2 aliphatic heterocycles. The zero-order valence-corrected chi connectivity index (χ0v) is 19.9. The van der Waals surface area contributed by atoms with Crippen LogP contribution in [0.5, 0.6) is 0 Å². The third-order valence-corrected chi connectivity index (χ3v) is 10.9. The normalized spacial score (nSPS) is 34.7. The van der Waals surface area contributed by atoms with Crippen LogP contribution in [0.25, 0.3) is 0 Å². The molecule has 168 valence electrons. The lowest BCUT2D eigenvalue weighted by atomic mass is 9.69. The Morgan fingerprint density at radius 3 is 2.66 bits per heavy atom. The van der Waals surface area contributed by atoms with Gasteiger partial charge in [0.1, 0.15) is 6.54 Å². The van der Waals surface area contributed by atoms with Crippen LogP contribution >= 0.6 is 34.4 Å². The summed E-state index contributed by atoms with van der Waals surface area (Å²) < 4.78 is 5.18. The molecule has 0 spiro atoms. The van der Waals surface area contributed by atoms with Gasteiger partial charge in [-0.25, -0.2) is 0 Å². The van der Waals surface area contributed by atoms with E-state index in [0.717, 1.165) is 21.2 Å². The number of aromatic amines is 1. The molecule has 2 aromatic rings. The summed E-state index contributed by atoms with van der Waals surface area (Å²) in [6.07, 6.45) is 0.554. The van der Waals surface area contributed by atoms with Gasteiger partial charge in [-0.05, 0) is 49.5 Å². The highest BCUT2D eigenvalue weighted by atomic mass is 32.2. The SMILES string of the molecule is CC(C)OC(=O)CN1C(=O)[C@@H]2[C@H]3C[C@@H]([C@@H]2C1=O)[C@@H]1[C@@H](c2cccs2)c2sc(=O)[nH]c2S[C@H]31. The summed E-state index contributed by atoms with van der Waals surface area (Å²) in [4.78, 5) is 57.4. The van der Waals surface area contributed by atoms with Gasteiger partial charge in [0, 0.05) is 20.9 Å². The summed E-state index contributed by atoms with van der Waals surface area (Å²) in [5, 5.41) is 3.13. The molecule has 0 radical (unpaired) electrons. The van der Waals surface area contributed by atoms with Gasteiger partial charge in [-0.1, -0.05) is 17.4 Å². The van der Waals surface area contributed by atoms with Crippen LogP contribution in [-0.4, -0.2) is 45.6 Å². The third kappa shape index (κ3) is 2.85. The van der Waals surface area contributed by atoms with E-state index in [0.29, 0.717) is 0 Å². The minimum absolute atomic E-state index is 0.0569. The van der Waals surface area contributed by atoms with Crippen LogP contribution in [0.15, 0.2) is 27.3 Å². The monoisotopic (exact) mass is 490 g/mol. The van der Waals surface area contributed by atoms with E-state index in [1.165, 1.54) is 16.2 Å². The second-order valence-corrected chi connectivity index (χ2v) is 12.5. The number of amides is 2. The van der Waals surface area contributed by atoms with Crippen LogP contribution in [0.1, 0.15) is 35.9 Å². The Hall–Kier alpha value is -1.91. The Morgan fingerprint density at radius 2 is 1.97 bits per heavy atom. The molecule has 1 N–H and O–H groups in total. The molecule has 7 atom stereocenters. The largest absolute Gasteiger partial charge is 0.462 e. The highest BCUT2D eigenvalue weighted by Crippen LogP contribution is 2.68. The molecule has 32 heavy (non-hydrogen) atoms. The molecule has 0 aromatic carbocycles. The van der Waals surface area contributed by atoms with Crippen LogP contribution in [-0.2, 0) is 19.1 Å². The molecule has 6 rings (SSSR count). The van der Waals surface area contributed by atoms with Crippen molar-refractivity contribution in [2.75, 3.05) is 6.54 Å². The van der Waals surface area contributed by atoms with Gasteiger partial charge >= 0.3 is 10.8 Å². The lowest BCUT2D eigenvalue weighted by Gasteiger charge is -2.42. The average Bonchev–Trinajstić information content (AvgIpc) is 3.52. The molecule has 2 aliphatic carbocycles. The third-order valence-electron chi connectivity index (χ3n) is 7.32. The number of aromatic nitrogens is 1. The van der Waals surface area contributed by atoms with E-state index in [1.807, 2.05) is 11.4 Å². The number of thiazole rings is 1. The highest BCUT2D eigenvalue weighted by molar-refractivity contribution is 8.00. The van der Waals surface area contributed by atoms with Crippen molar-refractivity contribution < 1.29 is 19.1 Å². The fraction of sp³-hybridized carbons (Fsp3) is 0.545.